The Balaban J connectivity index is 2.75. The van der Waals surface area contributed by atoms with Gasteiger partial charge in [-0.05, 0) is 12.1 Å². The van der Waals surface area contributed by atoms with E-state index in [2.05, 4.69) is 10.1 Å². The van der Waals surface area contributed by atoms with Crippen LogP contribution in [0.1, 0.15) is 5.56 Å². The molecule has 3 heteroatoms. The van der Waals surface area contributed by atoms with Gasteiger partial charge >= 0.3 is 0 Å². The number of hydrogen-bond donors (Lipinski definition) is 1. The normalized spacial score (nSPS) is 11.1. The van der Waals surface area contributed by atoms with E-state index in [0.717, 1.165) is 16.5 Å². The maximum Gasteiger partial charge on any atom is 0.0708 e. The molecule has 3 nitrogen and oxygen atoms in total. The molecule has 13 heavy (non-hydrogen) atoms. The van der Waals surface area contributed by atoms with Crippen LogP contribution in [-0.2, 0) is 0 Å². The molecule has 0 fully saturated rings. The minimum atomic E-state index is 0.958. The summed E-state index contributed by atoms with van der Waals surface area (Å²) in [6.07, 6.45) is 3.38. The molecule has 0 spiro atoms. The van der Waals surface area contributed by atoms with E-state index in [0.29, 0.717) is 0 Å². The fourth-order valence-corrected chi connectivity index (χ4v) is 1.31. The molecule has 0 atom stereocenters. The van der Waals surface area contributed by atoms with Gasteiger partial charge in [-0.25, -0.2) is 0 Å². The van der Waals surface area contributed by atoms with Gasteiger partial charge in [0.25, 0.3) is 0 Å². The van der Waals surface area contributed by atoms with Gasteiger partial charge in [-0.1, -0.05) is 18.2 Å². The average Bonchev–Trinajstić information content (AvgIpc) is 2.19. The number of rotatable bonds is 1. The highest BCUT2D eigenvalue weighted by Crippen LogP contribution is 2.13. The van der Waals surface area contributed by atoms with Crippen molar-refractivity contribution < 1.29 is 0 Å². The number of benzene rings is 1. The number of fused-ring (bicyclic) bond motifs is 1. The van der Waals surface area contributed by atoms with E-state index >= 15 is 0 Å². The number of nitrogens with two attached hydrogens (primary N) is 1. The number of para-hydroxylation sites is 1. The molecule has 0 unspecified atom stereocenters. The second kappa shape index (κ2) is 3.23. The summed E-state index contributed by atoms with van der Waals surface area (Å²) in [6.45, 7) is 0. The predicted molar refractivity (Wildman–Crippen MR) is 53.5 cm³/mol. The predicted octanol–water partition coefficient (Wildman–Crippen LogP) is 1.53. The van der Waals surface area contributed by atoms with E-state index in [4.69, 9.17) is 5.84 Å². The third-order valence-corrected chi connectivity index (χ3v) is 1.90. The van der Waals surface area contributed by atoms with Crippen molar-refractivity contribution in [1.82, 2.24) is 4.98 Å². The van der Waals surface area contributed by atoms with E-state index in [1.165, 1.54) is 0 Å². The zero-order valence-corrected chi connectivity index (χ0v) is 7.01. The van der Waals surface area contributed by atoms with Crippen LogP contribution in [0.15, 0.2) is 41.6 Å². The van der Waals surface area contributed by atoms with Crippen LogP contribution in [-0.4, -0.2) is 11.2 Å². The molecule has 0 aliphatic rings. The first-order valence-corrected chi connectivity index (χ1v) is 3.99. The fraction of sp³-hybridized carbons (Fsp3) is 0. The van der Waals surface area contributed by atoms with Crippen molar-refractivity contribution in [3.8, 4) is 0 Å². The molecule has 0 radical (unpaired) electrons. The maximum atomic E-state index is 5.10. The topological polar surface area (TPSA) is 51.3 Å². The van der Waals surface area contributed by atoms with E-state index in [1.54, 1.807) is 12.4 Å². The van der Waals surface area contributed by atoms with Crippen molar-refractivity contribution in [2.75, 3.05) is 0 Å². The number of hydrogen-bond acceptors (Lipinski definition) is 3. The lowest BCUT2D eigenvalue weighted by Gasteiger charge is -1.98. The Morgan fingerprint density at radius 3 is 2.92 bits per heavy atom. The Morgan fingerprint density at radius 2 is 2.08 bits per heavy atom. The van der Waals surface area contributed by atoms with Gasteiger partial charge in [0.15, 0.2) is 0 Å². The Hall–Kier alpha value is -1.90. The van der Waals surface area contributed by atoms with Gasteiger partial charge in [0.2, 0.25) is 0 Å². The smallest absolute Gasteiger partial charge is 0.0708 e. The van der Waals surface area contributed by atoms with Gasteiger partial charge in [-0.2, -0.15) is 5.10 Å². The first-order chi connectivity index (χ1) is 6.42. The van der Waals surface area contributed by atoms with Gasteiger partial charge in [0.05, 0.1) is 11.7 Å². The lowest BCUT2D eigenvalue weighted by molar-refractivity contribution is 1.26. The zero-order valence-electron chi connectivity index (χ0n) is 7.01. The van der Waals surface area contributed by atoms with Crippen molar-refractivity contribution >= 4 is 17.1 Å². The molecule has 2 rings (SSSR count). The van der Waals surface area contributed by atoms with Gasteiger partial charge in [0.1, 0.15) is 0 Å². The Morgan fingerprint density at radius 1 is 1.23 bits per heavy atom. The highest BCUT2D eigenvalue weighted by Gasteiger charge is 1.96. The van der Waals surface area contributed by atoms with Crippen LogP contribution in [0.3, 0.4) is 0 Å². The molecule has 1 heterocycles. The quantitative estimate of drug-likeness (QED) is 0.402. The van der Waals surface area contributed by atoms with Crippen LogP contribution in [0, 0.1) is 0 Å². The summed E-state index contributed by atoms with van der Waals surface area (Å²) >= 11 is 0. The van der Waals surface area contributed by atoms with E-state index in [9.17, 15) is 0 Å². The highest BCUT2D eigenvalue weighted by atomic mass is 15.1. The fourth-order valence-electron chi connectivity index (χ4n) is 1.31. The summed E-state index contributed by atoms with van der Waals surface area (Å²) in [6, 6.07) is 9.78. The third kappa shape index (κ3) is 1.36. The van der Waals surface area contributed by atoms with Gasteiger partial charge in [-0.3, -0.25) is 4.98 Å². The molecule has 0 saturated carbocycles. The van der Waals surface area contributed by atoms with Crippen molar-refractivity contribution in [1.29, 1.82) is 0 Å². The highest BCUT2D eigenvalue weighted by molar-refractivity contribution is 5.97. The number of nitrogens with zero attached hydrogens (tertiary/aromatic N) is 2. The lowest BCUT2D eigenvalue weighted by atomic mass is 10.1. The standard InChI is InChI=1S/C10H9N3/c11-13-7-8-5-6-12-10-4-2-1-3-9(8)10/h1-7H,11H2/b13-7+. The summed E-state index contributed by atoms with van der Waals surface area (Å²) in [5.41, 5.74) is 1.95. The summed E-state index contributed by atoms with van der Waals surface area (Å²) in [5.74, 6) is 5.10. The van der Waals surface area contributed by atoms with Gasteiger partial charge in [0, 0.05) is 17.1 Å². The Bertz CT molecular complexity index is 443. The molecule has 0 aliphatic carbocycles. The van der Waals surface area contributed by atoms with Crippen molar-refractivity contribution in [2.45, 2.75) is 0 Å². The third-order valence-electron chi connectivity index (χ3n) is 1.90. The second-order valence-electron chi connectivity index (χ2n) is 2.70. The molecule has 64 valence electrons. The van der Waals surface area contributed by atoms with E-state index in [1.807, 2.05) is 30.3 Å². The van der Waals surface area contributed by atoms with Crippen molar-refractivity contribution in [2.24, 2.45) is 10.9 Å². The first-order valence-electron chi connectivity index (χ1n) is 3.99. The van der Waals surface area contributed by atoms with Gasteiger partial charge in [-0.15, -0.1) is 0 Å². The molecule has 0 amide bonds. The minimum absolute atomic E-state index is 0.958. The zero-order chi connectivity index (χ0) is 9.10. The Kier molecular flexibility index (Phi) is 1.92. The van der Waals surface area contributed by atoms with Crippen LogP contribution < -0.4 is 5.84 Å². The van der Waals surface area contributed by atoms with Crippen molar-refractivity contribution in [3.05, 3.63) is 42.1 Å². The monoisotopic (exact) mass is 171 g/mol. The molecule has 2 N–H and O–H groups in total. The van der Waals surface area contributed by atoms with E-state index < -0.39 is 0 Å². The summed E-state index contributed by atoms with van der Waals surface area (Å²) in [7, 11) is 0. The van der Waals surface area contributed by atoms with E-state index in [-0.39, 0.29) is 0 Å². The second-order valence-corrected chi connectivity index (χ2v) is 2.70. The number of pyridine rings is 1. The van der Waals surface area contributed by atoms with Crippen molar-refractivity contribution in [3.63, 3.8) is 0 Å². The van der Waals surface area contributed by atoms with Crippen LogP contribution in [0.5, 0.6) is 0 Å². The molecule has 1 aromatic heterocycles. The van der Waals surface area contributed by atoms with Crippen LogP contribution in [0.4, 0.5) is 0 Å². The minimum Gasteiger partial charge on any atom is -0.323 e. The largest absolute Gasteiger partial charge is 0.323 e. The molecular formula is C10H9N3. The molecule has 0 bridgehead atoms. The van der Waals surface area contributed by atoms with Crippen LogP contribution >= 0.6 is 0 Å². The van der Waals surface area contributed by atoms with Gasteiger partial charge < -0.3 is 5.84 Å². The maximum absolute atomic E-state index is 5.10. The molecule has 0 aliphatic heterocycles. The lowest BCUT2D eigenvalue weighted by Crippen LogP contribution is -1.89. The first kappa shape index (κ1) is 7.73. The molecule has 2 aromatic rings. The molecule has 0 saturated heterocycles. The Labute approximate surface area is 75.9 Å². The molecular weight excluding hydrogens is 162 g/mol. The summed E-state index contributed by atoms with van der Waals surface area (Å²) in [4.78, 5) is 4.22. The molecule has 1 aromatic carbocycles. The summed E-state index contributed by atoms with van der Waals surface area (Å²) < 4.78 is 0. The number of aromatic nitrogens is 1. The van der Waals surface area contributed by atoms with Crippen LogP contribution in [0.25, 0.3) is 10.9 Å². The van der Waals surface area contributed by atoms with Crippen LogP contribution in [0.2, 0.25) is 0 Å². The summed E-state index contributed by atoms with van der Waals surface area (Å²) in [5, 5.41) is 4.57. The SMILES string of the molecule is N/N=C/c1ccnc2ccccc12. The number of hydrazone groups is 1. The average molecular weight is 171 g/mol.